The van der Waals surface area contributed by atoms with Crippen LogP contribution >= 0.6 is 0 Å². The van der Waals surface area contributed by atoms with Crippen LogP contribution in [0.2, 0.25) is 0 Å². The molecule has 128 valence electrons. The lowest BCUT2D eigenvalue weighted by atomic mass is 10.0. The Morgan fingerprint density at radius 2 is 1.52 bits per heavy atom. The number of hydrogen-bond acceptors (Lipinski definition) is 4. The second kappa shape index (κ2) is 5.13. The maximum atomic E-state index is 12.4. The van der Waals surface area contributed by atoms with Crippen LogP contribution in [0.1, 0.15) is 0 Å². The summed E-state index contributed by atoms with van der Waals surface area (Å²) in [4.78, 5) is 0. The molecule has 8 heteroatoms. The molecule has 0 radical (unpaired) electrons. The molecule has 1 aromatic heterocycles. The van der Waals surface area contributed by atoms with Crippen molar-refractivity contribution in [1.29, 1.82) is 0 Å². The van der Waals surface area contributed by atoms with E-state index >= 15 is 0 Å². The van der Waals surface area contributed by atoms with Gasteiger partial charge in [-0.2, -0.15) is 21.6 Å². The molecule has 0 amide bonds. The molecule has 0 aliphatic rings. The minimum atomic E-state index is -5.70. The summed E-state index contributed by atoms with van der Waals surface area (Å²) >= 11 is 0. The summed E-state index contributed by atoms with van der Waals surface area (Å²) in [5.74, 6) is -0.400. The zero-order valence-electron chi connectivity index (χ0n) is 12.4. The van der Waals surface area contributed by atoms with E-state index in [-0.39, 0.29) is 0 Å². The van der Waals surface area contributed by atoms with Crippen molar-refractivity contribution in [1.82, 2.24) is 0 Å². The van der Waals surface area contributed by atoms with Crippen LogP contribution < -0.4 is 4.18 Å². The third-order valence-corrected chi connectivity index (χ3v) is 4.87. The van der Waals surface area contributed by atoms with Crippen molar-refractivity contribution in [3.05, 3.63) is 54.8 Å². The Morgan fingerprint density at radius 1 is 0.840 bits per heavy atom. The molecule has 4 rings (SSSR count). The number of benzene rings is 3. The lowest BCUT2D eigenvalue weighted by molar-refractivity contribution is -0.0500. The van der Waals surface area contributed by atoms with E-state index < -0.39 is 21.4 Å². The fourth-order valence-electron chi connectivity index (χ4n) is 2.78. The highest BCUT2D eigenvalue weighted by Gasteiger charge is 2.48. The highest BCUT2D eigenvalue weighted by molar-refractivity contribution is 7.88. The fourth-order valence-corrected chi connectivity index (χ4v) is 3.23. The van der Waals surface area contributed by atoms with E-state index in [1.165, 1.54) is 18.2 Å². The third-order valence-electron chi connectivity index (χ3n) is 3.89. The Labute approximate surface area is 139 Å². The first-order valence-corrected chi connectivity index (χ1v) is 8.50. The van der Waals surface area contributed by atoms with Gasteiger partial charge in [-0.25, -0.2) is 0 Å². The van der Waals surface area contributed by atoms with Crippen molar-refractivity contribution in [2.75, 3.05) is 0 Å². The van der Waals surface area contributed by atoms with Crippen molar-refractivity contribution in [2.45, 2.75) is 5.51 Å². The molecule has 4 nitrogen and oxygen atoms in total. The standard InChI is InChI=1S/C17H9F3O4S/c18-17(19,20)25(21,22)24-12-3-6-13-11(9-12)2-5-15-14(13)4-1-10-7-8-23-16(10)15/h1-9H. The van der Waals surface area contributed by atoms with Gasteiger partial charge in [0.2, 0.25) is 0 Å². The molecule has 0 aliphatic heterocycles. The van der Waals surface area contributed by atoms with Crippen LogP contribution in [0.3, 0.4) is 0 Å². The van der Waals surface area contributed by atoms with Gasteiger partial charge in [0.25, 0.3) is 0 Å². The van der Waals surface area contributed by atoms with Crippen molar-refractivity contribution < 1.29 is 30.2 Å². The molecule has 0 atom stereocenters. The van der Waals surface area contributed by atoms with Gasteiger partial charge in [-0.15, -0.1) is 0 Å². The Balaban J connectivity index is 1.87. The first kappa shape index (κ1) is 15.8. The highest BCUT2D eigenvalue weighted by Crippen LogP contribution is 2.34. The largest absolute Gasteiger partial charge is 0.534 e. The fraction of sp³-hybridized carbons (Fsp3) is 0.0588. The Hall–Kier alpha value is -2.74. The molecule has 0 unspecified atom stereocenters. The molecule has 3 aromatic carbocycles. The first-order valence-electron chi connectivity index (χ1n) is 7.10. The monoisotopic (exact) mass is 366 g/mol. The van der Waals surface area contributed by atoms with Crippen molar-refractivity contribution in [3.8, 4) is 5.75 Å². The minimum absolute atomic E-state index is 0.400. The molecule has 0 aliphatic carbocycles. The molecule has 4 aromatic rings. The second-order valence-corrected chi connectivity index (χ2v) is 6.97. The Kier molecular flexibility index (Phi) is 3.23. The second-order valence-electron chi connectivity index (χ2n) is 5.43. The molecule has 1 heterocycles. The van der Waals surface area contributed by atoms with Gasteiger partial charge in [0.05, 0.1) is 6.26 Å². The van der Waals surface area contributed by atoms with Gasteiger partial charge in [0.1, 0.15) is 11.3 Å². The summed E-state index contributed by atoms with van der Waals surface area (Å²) in [5.41, 5.74) is -4.77. The van der Waals surface area contributed by atoms with Crippen LogP contribution in [0.4, 0.5) is 13.2 Å². The van der Waals surface area contributed by atoms with Crippen LogP contribution in [-0.4, -0.2) is 13.9 Å². The van der Waals surface area contributed by atoms with E-state index in [0.29, 0.717) is 11.0 Å². The zero-order chi connectivity index (χ0) is 17.8. The van der Waals surface area contributed by atoms with Crippen LogP contribution in [0.25, 0.3) is 32.5 Å². The Morgan fingerprint density at radius 3 is 2.28 bits per heavy atom. The van der Waals surface area contributed by atoms with Gasteiger partial charge in [-0.3, -0.25) is 0 Å². The maximum Gasteiger partial charge on any atom is 0.534 e. The van der Waals surface area contributed by atoms with Gasteiger partial charge in [0.15, 0.2) is 0 Å². The van der Waals surface area contributed by atoms with E-state index in [9.17, 15) is 21.6 Å². The van der Waals surface area contributed by atoms with Crippen molar-refractivity contribution in [2.24, 2.45) is 0 Å². The van der Waals surface area contributed by atoms with Crippen LogP contribution in [-0.2, 0) is 10.1 Å². The average Bonchev–Trinajstić information content (AvgIpc) is 3.01. The molecular formula is C17H9F3O4S. The van der Waals surface area contributed by atoms with Crippen molar-refractivity contribution >= 4 is 42.6 Å². The molecule has 0 spiro atoms. The average molecular weight is 366 g/mol. The molecule has 0 saturated heterocycles. The number of hydrogen-bond donors (Lipinski definition) is 0. The first-order chi connectivity index (χ1) is 11.8. The number of halogens is 3. The topological polar surface area (TPSA) is 56.5 Å². The van der Waals surface area contributed by atoms with E-state index in [0.717, 1.165) is 21.5 Å². The van der Waals surface area contributed by atoms with Gasteiger partial charge >= 0.3 is 15.6 Å². The summed E-state index contributed by atoms with van der Waals surface area (Å²) < 4.78 is 69.2. The summed E-state index contributed by atoms with van der Waals surface area (Å²) in [6.07, 6.45) is 1.58. The van der Waals surface area contributed by atoms with E-state index in [2.05, 4.69) is 4.18 Å². The lowest BCUT2D eigenvalue weighted by Gasteiger charge is -2.11. The zero-order valence-corrected chi connectivity index (χ0v) is 13.2. The normalized spacial score (nSPS) is 12.9. The SMILES string of the molecule is O=S(=O)(Oc1ccc2c(ccc3c2ccc2ccoc23)c1)C(F)(F)F. The summed E-state index contributed by atoms with van der Waals surface area (Å²) in [6, 6.07) is 13.0. The molecular weight excluding hydrogens is 357 g/mol. The van der Waals surface area contributed by atoms with E-state index in [1.54, 1.807) is 18.4 Å². The lowest BCUT2D eigenvalue weighted by Crippen LogP contribution is -2.28. The third kappa shape index (κ3) is 2.49. The van der Waals surface area contributed by atoms with Gasteiger partial charge < -0.3 is 8.60 Å². The summed E-state index contributed by atoms with van der Waals surface area (Å²) in [6.45, 7) is 0. The van der Waals surface area contributed by atoms with Crippen LogP contribution in [0, 0.1) is 0 Å². The van der Waals surface area contributed by atoms with Gasteiger partial charge in [-0.05, 0) is 40.4 Å². The number of alkyl halides is 3. The Bertz CT molecular complexity index is 1220. The predicted molar refractivity (Wildman–Crippen MR) is 86.8 cm³/mol. The number of fused-ring (bicyclic) bond motifs is 5. The van der Waals surface area contributed by atoms with Gasteiger partial charge in [0, 0.05) is 10.8 Å². The number of rotatable bonds is 2. The van der Waals surface area contributed by atoms with Crippen LogP contribution in [0.15, 0.2) is 59.2 Å². The van der Waals surface area contributed by atoms with Gasteiger partial charge in [-0.1, -0.05) is 24.3 Å². The summed E-state index contributed by atoms with van der Waals surface area (Å²) in [5, 5.41) is 3.92. The summed E-state index contributed by atoms with van der Waals surface area (Å²) in [7, 11) is -5.70. The van der Waals surface area contributed by atoms with Crippen LogP contribution in [0.5, 0.6) is 5.75 Å². The molecule has 0 fully saturated rings. The smallest absolute Gasteiger partial charge is 0.464 e. The van der Waals surface area contributed by atoms with Crippen molar-refractivity contribution in [3.63, 3.8) is 0 Å². The number of furan rings is 1. The van der Waals surface area contributed by atoms with E-state index in [4.69, 9.17) is 4.42 Å². The predicted octanol–water partition coefficient (Wildman–Crippen LogP) is 4.97. The maximum absolute atomic E-state index is 12.4. The molecule has 0 bridgehead atoms. The highest BCUT2D eigenvalue weighted by atomic mass is 32.2. The van der Waals surface area contributed by atoms with E-state index in [1.807, 2.05) is 18.2 Å². The minimum Gasteiger partial charge on any atom is -0.464 e. The molecule has 0 saturated carbocycles. The molecule has 0 N–H and O–H groups in total. The molecule has 25 heavy (non-hydrogen) atoms. The quantitative estimate of drug-likeness (QED) is 0.286.